The van der Waals surface area contributed by atoms with Crippen molar-refractivity contribution in [3.63, 3.8) is 0 Å². The summed E-state index contributed by atoms with van der Waals surface area (Å²) in [4.78, 5) is 4.65. The number of rotatable bonds is 3. The molecule has 1 atom stereocenters. The maximum absolute atomic E-state index is 6.34. The molecule has 6 heteroatoms. The predicted octanol–water partition coefficient (Wildman–Crippen LogP) is 2.49. The van der Waals surface area contributed by atoms with Gasteiger partial charge in [0.25, 0.3) is 0 Å². The van der Waals surface area contributed by atoms with E-state index in [0.29, 0.717) is 5.02 Å². The summed E-state index contributed by atoms with van der Waals surface area (Å²) in [5.41, 5.74) is 9.20. The summed E-state index contributed by atoms with van der Waals surface area (Å²) in [5.74, 6) is 0.831. The van der Waals surface area contributed by atoms with Crippen molar-refractivity contribution in [2.45, 2.75) is 19.5 Å². The van der Waals surface area contributed by atoms with Gasteiger partial charge in [-0.2, -0.15) is 5.10 Å². The SMILES string of the molecule is CCn1c(C(N)c2cnn(C)c2)nc2cc(Cl)ccc21. The molecule has 2 aromatic heterocycles. The zero-order chi connectivity index (χ0) is 14.3. The highest BCUT2D eigenvalue weighted by molar-refractivity contribution is 6.31. The molecule has 0 aliphatic carbocycles. The third kappa shape index (κ3) is 2.09. The number of fused-ring (bicyclic) bond motifs is 1. The lowest BCUT2D eigenvalue weighted by molar-refractivity contribution is 0.670. The zero-order valence-electron chi connectivity index (χ0n) is 11.4. The number of benzene rings is 1. The Labute approximate surface area is 122 Å². The second-order valence-corrected chi connectivity index (χ2v) is 5.21. The lowest BCUT2D eigenvalue weighted by atomic mass is 10.1. The third-order valence-corrected chi connectivity index (χ3v) is 3.65. The smallest absolute Gasteiger partial charge is 0.131 e. The molecule has 0 aliphatic rings. The normalized spacial score (nSPS) is 13.0. The molecule has 5 nitrogen and oxygen atoms in total. The molecular formula is C14H16ClN5. The molecule has 0 fully saturated rings. The van der Waals surface area contributed by atoms with Crippen LogP contribution in [0.2, 0.25) is 5.02 Å². The summed E-state index contributed by atoms with van der Waals surface area (Å²) in [7, 11) is 1.87. The summed E-state index contributed by atoms with van der Waals surface area (Å²) < 4.78 is 3.86. The standard InChI is InChI=1S/C14H16ClN5/c1-3-20-12-5-4-10(15)6-11(12)18-14(20)13(16)9-7-17-19(2)8-9/h4-8,13H,3,16H2,1-2H3. The highest BCUT2D eigenvalue weighted by Gasteiger charge is 2.19. The highest BCUT2D eigenvalue weighted by atomic mass is 35.5. The molecule has 0 amide bonds. The molecular weight excluding hydrogens is 274 g/mol. The number of nitrogens with two attached hydrogens (primary N) is 1. The van der Waals surface area contributed by atoms with Crippen molar-refractivity contribution >= 4 is 22.6 Å². The van der Waals surface area contributed by atoms with Crippen LogP contribution < -0.4 is 5.73 Å². The topological polar surface area (TPSA) is 61.7 Å². The van der Waals surface area contributed by atoms with Crippen LogP contribution in [-0.2, 0) is 13.6 Å². The molecule has 2 heterocycles. The van der Waals surface area contributed by atoms with Crippen LogP contribution >= 0.6 is 11.6 Å². The molecule has 0 aliphatic heterocycles. The minimum Gasteiger partial charge on any atom is -0.327 e. The Bertz CT molecular complexity index is 758. The number of hydrogen-bond donors (Lipinski definition) is 1. The van der Waals surface area contributed by atoms with E-state index < -0.39 is 0 Å². The van der Waals surface area contributed by atoms with Crippen LogP contribution in [0.15, 0.2) is 30.6 Å². The Kier molecular flexibility index (Phi) is 3.23. The molecule has 1 unspecified atom stereocenters. The maximum Gasteiger partial charge on any atom is 0.131 e. The summed E-state index contributed by atoms with van der Waals surface area (Å²) in [5, 5.41) is 4.85. The fraction of sp³-hybridized carbons (Fsp3) is 0.286. The quantitative estimate of drug-likeness (QED) is 0.806. The first-order valence-electron chi connectivity index (χ1n) is 6.50. The molecule has 3 rings (SSSR count). The number of halogens is 1. The molecule has 0 bridgehead atoms. The van der Waals surface area contributed by atoms with E-state index in [4.69, 9.17) is 17.3 Å². The van der Waals surface area contributed by atoms with Gasteiger partial charge in [-0.25, -0.2) is 4.98 Å². The van der Waals surface area contributed by atoms with Gasteiger partial charge in [0.2, 0.25) is 0 Å². The fourth-order valence-corrected chi connectivity index (χ4v) is 2.61. The van der Waals surface area contributed by atoms with Crippen molar-refractivity contribution in [1.29, 1.82) is 0 Å². The van der Waals surface area contributed by atoms with Crippen LogP contribution in [0, 0.1) is 0 Å². The molecule has 0 saturated heterocycles. The number of aryl methyl sites for hydroxylation is 2. The second-order valence-electron chi connectivity index (χ2n) is 4.77. The van der Waals surface area contributed by atoms with Crippen molar-refractivity contribution < 1.29 is 0 Å². The van der Waals surface area contributed by atoms with Gasteiger partial charge in [0.05, 0.1) is 23.3 Å². The van der Waals surface area contributed by atoms with Crippen LogP contribution in [-0.4, -0.2) is 19.3 Å². The van der Waals surface area contributed by atoms with Gasteiger partial charge in [-0.3, -0.25) is 4.68 Å². The summed E-state index contributed by atoms with van der Waals surface area (Å²) in [6.07, 6.45) is 3.69. The number of imidazole rings is 1. The number of nitrogens with zero attached hydrogens (tertiary/aromatic N) is 4. The van der Waals surface area contributed by atoms with Crippen molar-refractivity contribution in [3.8, 4) is 0 Å². The Hall–Kier alpha value is -1.85. The van der Waals surface area contributed by atoms with Gasteiger partial charge >= 0.3 is 0 Å². The van der Waals surface area contributed by atoms with E-state index >= 15 is 0 Å². The van der Waals surface area contributed by atoms with E-state index in [1.807, 2.05) is 31.4 Å². The highest BCUT2D eigenvalue weighted by Crippen LogP contribution is 2.25. The predicted molar refractivity (Wildman–Crippen MR) is 79.7 cm³/mol. The molecule has 3 aromatic rings. The van der Waals surface area contributed by atoms with E-state index in [1.54, 1.807) is 10.9 Å². The Morgan fingerprint density at radius 2 is 2.20 bits per heavy atom. The molecule has 20 heavy (non-hydrogen) atoms. The fourth-order valence-electron chi connectivity index (χ4n) is 2.44. The lowest BCUT2D eigenvalue weighted by Crippen LogP contribution is -2.17. The van der Waals surface area contributed by atoms with E-state index in [0.717, 1.165) is 29.0 Å². The molecule has 1 aromatic carbocycles. The molecule has 0 radical (unpaired) electrons. The first kappa shape index (κ1) is 13.1. The van der Waals surface area contributed by atoms with Crippen LogP contribution in [0.5, 0.6) is 0 Å². The molecule has 0 saturated carbocycles. The van der Waals surface area contributed by atoms with Crippen molar-refractivity contribution in [2.24, 2.45) is 12.8 Å². The van der Waals surface area contributed by atoms with Gasteiger partial charge in [0.15, 0.2) is 0 Å². The number of aromatic nitrogens is 4. The summed E-state index contributed by atoms with van der Waals surface area (Å²) in [6, 6.07) is 5.42. The minimum absolute atomic E-state index is 0.296. The molecule has 104 valence electrons. The van der Waals surface area contributed by atoms with E-state index in [1.165, 1.54) is 0 Å². The Balaban J connectivity index is 2.15. The monoisotopic (exact) mass is 289 g/mol. The first-order chi connectivity index (χ1) is 9.60. The largest absolute Gasteiger partial charge is 0.327 e. The van der Waals surface area contributed by atoms with Gasteiger partial charge in [-0.15, -0.1) is 0 Å². The van der Waals surface area contributed by atoms with Gasteiger partial charge in [-0.1, -0.05) is 11.6 Å². The Morgan fingerprint density at radius 3 is 2.85 bits per heavy atom. The van der Waals surface area contributed by atoms with Crippen LogP contribution in [0.1, 0.15) is 24.4 Å². The van der Waals surface area contributed by atoms with Crippen molar-refractivity contribution in [1.82, 2.24) is 19.3 Å². The third-order valence-electron chi connectivity index (χ3n) is 3.42. The van der Waals surface area contributed by atoms with E-state index in [9.17, 15) is 0 Å². The number of hydrogen-bond acceptors (Lipinski definition) is 3. The summed E-state index contributed by atoms with van der Waals surface area (Å²) >= 11 is 6.03. The van der Waals surface area contributed by atoms with Crippen LogP contribution in [0.4, 0.5) is 0 Å². The van der Waals surface area contributed by atoms with E-state index in [2.05, 4.69) is 21.6 Å². The summed E-state index contributed by atoms with van der Waals surface area (Å²) in [6.45, 7) is 2.89. The first-order valence-corrected chi connectivity index (χ1v) is 6.87. The van der Waals surface area contributed by atoms with Crippen molar-refractivity contribution in [2.75, 3.05) is 0 Å². The van der Waals surface area contributed by atoms with Crippen molar-refractivity contribution in [3.05, 3.63) is 47.0 Å². The van der Waals surface area contributed by atoms with Gasteiger partial charge in [0.1, 0.15) is 5.82 Å². The van der Waals surface area contributed by atoms with Gasteiger partial charge in [0, 0.05) is 30.4 Å². The average molecular weight is 290 g/mol. The van der Waals surface area contributed by atoms with Gasteiger partial charge in [-0.05, 0) is 25.1 Å². The average Bonchev–Trinajstić information content (AvgIpc) is 3.00. The Morgan fingerprint density at radius 1 is 1.40 bits per heavy atom. The minimum atomic E-state index is -0.296. The lowest BCUT2D eigenvalue weighted by Gasteiger charge is -2.11. The maximum atomic E-state index is 6.34. The molecule has 0 spiro atoms. The molecule has 2 N–H and O–H groups in total. The van der Waals surface area contributed by atoms with Gasteiger partial charge < -0.3 is 10.3 Å². The zero-order valence-corrected chi connectivity index (χ0v) is 12.2. The second kappa shape index (κ2) is 4.92. The van der Waals surface area contributed by atoms with Crippen LogP contribution in [0.3, 0.4) is 0 Å². The van der Waals surface area contributed by atoms with Crippen LogP contribution in [0.25, 0.3) is 11.0 Å². The van der Waals surface area contributed by atoms with E-state index in [-0.39, 0.29) is 6.04 Å².